The van der Waals surface area contributed by atoms with Crippen molar-refractivity contribution in [1.29, 1.82) is 0 Å². The highest BCUT2D eigenvalue weighted by Gasteiger charge is 2.14. The Kier molecular flexibility index (Phi) is 5.51. The number of ether oxygens (including phenoxy) is 2. The minimum absolute atomic E-state index is 0.00270. The van der Waals surface area contributed by atoms with E-state index >= 15 is 0 Å². The molecule has 18 heavy (non-hydrogen) atoms. The Hall–Kier alpha value is -1.69. The van der Waals surface area contributed by atoms with E-state index in [0.717, 1.165) is 0 Å². The SMILES string of the molecule is CCOC(=O)CC(O)c1ccc(OC(F)F)cc1. The molecule has 0 saturated carbocycles. The number of rotatable bonds is 6. The summed E-state index contributed by atoms with van der Waals surface area (Å²) >= 11 is 0. The fourth-order valence-electron chi connectivity index (χ4n) is 1.37. The molecule has 1 rings (SSSR count). The van der Waals surface area contributed by atoms with Crippen LogP contribution in [0.2, 0.25) is 0 Å². The largest absolute Gasteiger partial charge is 0.466 e. The molecule has 4 nitrogen and oxygen atoms in total. The molecular weight excluding hydrogens is 246 g/mol. The molecule has 0 heterocycles. The van der Waals surface area contributed by atoms with Gasteiger partial charge in [-0.15, -0.1) is 0 Å². The molecule has 0 radical (unpaired) electrons. The van der Waals surface area contributed by atoms with Gasteiger partial charge in [0.1, 0.15) is 5.75 Å². The number of aliphatic hydroxyl groups is 1. The Bertz CT molecular complexity index is 378. The van der Waals surface area contributed by atoms with Crippen molar-refractivity contribution >= 4 is 5.97 Å². The number of carbonyl (C=O) groups is 1. The van der Waals surface area contributed by atoms with E-state index in [4.69, 9.17) is 0 Å². The van der Waals surface area contributed by atoms with Gasteiger partial charge in [0.15, 0.2) is 0 Å². The van der Waals surface area contributed by atoms with Gasteiger partial charge in [-0.25, -0.2) is 0 Å². The van der Waals surface area contributed by atoms with Crippen LogP contribution in [0, 0.1) is 0 Å². The number of hydrogen-bond donors (Lipinski definition) is 1. The Morgan fingerprint density at radius 2 is 1.94 bits per heavy atom. The maximum atomic E-state index is 11.9. The van der Waals surface area contributed by atoms with Crippen LogP contribution >= 0.6 is 0 Å². The zero-order valence-electron chi connectivity index (χ0n) is 9.81. The molecule has 0 saturated heterocycles. The molecule has 1 aromatic carbocycles. The fourth-order valence-corrected chi connectivity index (χ4v) is 1.37. The van der Waals surface area contributed by atoms with Crippen LogP contribution in [0.15, 0.2) is 24.3 Å². The first-order chi connectivity index (χ1) is 8.52. The molecular formula is C12H14F2O4. The molecule has 0 aromatic heterocycles. The van der Waals surface area contributed by atoms with E-state index < -0.39 is 18.7 Å². The summed E-state index contributed by atoms with van der Waals surface area (Å²) in [6, 6.07) is 5.44. The van der Waals surface area contributed by atoms with Crippen molar-refractivity contribution in [2.24, 2.45) is 0 Å². The fraction of sp³-hybridized carbons (Fsp3) is 0.417. The smallest absolute Gasteiger partial charge is 0.387 e. The highest BCUT2D eigenvalue weighted by molar-refractivity contribution is 5.70. The third kappa shape index (κ3) is 4.67. The summed E-state index contributed by atoms with van der Waals surface area (Å²) in [6.07, 6.45) is -1.20. The standard InChI is InChI=1S/C12H14F2O4/c1-2-17-11(16)7-10(15)8-3-5-9(6-4-8)18-12(13)14/h3-6,10,12,15H,2,7H2,1H3. The lowest BCUT2D eigenvalue weighted by molar-refractivity contribution is -0.145. The lowest BCUT2D eigenvalue weighted by Crippen LogP contribution is -2.10. The van der Waals surface area contributed by atoms with Gasteiger partial charge in [-0.3, -0.25) is 4.79 Å². The number of hydrogen-bond acceptors (Lipinski definition) is 4. The first-order valence-electron chi connectivity index (χ1n) is 5.41. The summed E-state index contributed by atoms with van der Waals surface area (Å²) < 4.78 is 32.7. The van der Waals surface area contributed by atoms with Crippen molar-refractivity contribution in [1.82, 2.24) is 0 Å². The normalized spacial score (nSPS) is 12.3. The number of carbonyl (C=O) groups excluding carboxylic acids is 1. The molecule has 0 fully saturated rings. The van der Waals surface area contributed by atoms with Crippen LogP contribution in [-0.2, 0) is 9.53 Å². The maximum Gasteiger partial charge on any atom is 0.387 e. The first-order valence-corrected chi connectivity index (χ1v) is 5.41. The molecule has 1 N–H and O–H groups in total. The van der Waals surface area contributed by atoms with Crippen molar-refractivity contribution in [2.75, 3.05) is 6.61 Å². The number of aliphatic hydroxyl groups excluding tert-OH is 1. The number of esters is 1. The van der Waals surface area contributed by atoms with Gasteiger partial charge < -0.3 is 14.6 Å². The van der Waals surface area contributed by atoms with Crippen LogP contribution in [0.3, 0.4) is 0 Å². The van der Waals surface area contributed by atoms with E-state index in [1.165, 1.54) is 24.3 Å². The minimum atomic E-state index is -2.89. The summed E-state index contributed by atoms with van der Waals surface area (Å²) in [5, 5.41) is 9.70. The van der Waals surface area contributed by atoms with E-state index in [1.807, 2.05) is 0 Å². The third-order valence-corrected chi connectivity index (χ3v) is 2.16. The second-order valence-corrected chi connectivity index (χ2v) is 3.47. The van der Waals surface area contributed by atoms with Crippen LogP contribution in [0.25, 0.3) is 0 Å². The van der Waals surface area contributed by atoms with Gasteiger partial charge in [-0.2, -0.15) is 8.78 Å². The van der Waals surface area contributed by atoms with Crippen LogP contribution in [0.5, 0.6) is 5.75 Å². The second-order valence-electron chi connectivity index (χ2n) is 3.47. The maximum absolute atomic E-state index is 11.9. The Labute approximate surface area is 103 Å². The van der Waals surface area contributed by atoms with Crippen LogP contribution < -0.4 is 4.74 Å². The molecule has 1 unspecified atom stereocenters. The number of alkyl halides is 2. The number of halogens is 2. The van der Waals surface area contributed by atoms with Crippen LogP contribution in [-0.4, -0.2) is 24.3 Å². The summed E-state index contributed by atoms with van der Waals surface area (Å²) in [4.78, 5) is 11.1. The molecule has 6 heteroatoms. The summed E-state index contributed by atoms with van der Waals surface area (Å²) in [6.45, 7) is -0.978. The lowest BCUT2D eigenvalue weighted by Gasteiger charge is -2.11. The predicted octanol–water partition coefficient (Wildman–Crippen LogP) is 2.27. The van der Waals surface area contributed by atoms with Crippen LogP contribution in [0.4, 0.5) is 8.78 Å². The molecule has 1 atom stereocenters. The molecule has 0 aliphatic heterocycles. The summed E-state index contributed by atoms with van der Waals surface area (Å²) in [7, 11) is 0. The topological polar surface area (TPSA) is 55.8 Å². The molecule has 1 aromatic rings. The van der Waals surface area contributed by atoms with Gasteiger partial charge in [0.2, 0.25) is 0 Å². The van der Waals surface area contributed by atoms with Gasteiger partial charge in [0.25, 0.3) is 0 Å². The second kappa shape index (κ2) is 6.90. The molecule has 100 valence electrons. The van der Waals surface area contributed by atoms with E-state index in [9.17, 15) is 18.7 Å². The van der Waals surface area contributed by atoms with Gasteiger partial charge in [-0.05, 0) is 24.6 Å². The molecule has 0 aliphatic rings. The van der Waals surface area contributed by atoms with Crippen molar-refractivity contribution in [3.05, 3.63) is 29.8 Å². The van der Waals surface area contributed by atoms with E-state index in [2.05, 4.69) is 9.47 Å². The highest BCUT2D eigenvalue weighted by atomic mass is 19.3. The predicted molar refractivity (Wildman–Crippen MR) is 59.3 cm³/mol. The summed E-state index contributed by atoms with van der Waals surface area (Å²) in [5.41, 5.74) is 0.435. The molecule has 0 amide bonds. The van der Waals surface area contributed by atoms with E-state index in [1.54, 1.807) is 6.92 Å². The van der Waals surface area contributed by atoms with Gasteiger partial charge in [0.05, 0.1) is 19.1 Å². The highest BCUT2D eigenvalue weighted by Crippen LogP contribution is 2.21. The van der Waals surface area contributed by atoms with Crippen molar-refractivity contribution in [2.45, 2.75) is 26.1 Å². The van der Waals surface area contributed by atoms with Gasteiger partial charge in [-0.1, -0.05) is 12.1 Å². The van der Waals surface area contributed by atoms with Crippen molar-refractivity contribution in [3.63, 3.8) is 0 Å². The zero-order valence-corrected chi connectivity index (χ0v) is 9.81. The minimum Gasteiger partial charge on any atom is -0.466 e. The quantitative estimate of drug-likeness (QED) is 0.797. The Balaban J connectivity index is 2.58. The lowest BCUT2D eigenvalue weighted by atomic mass is 10.1. The van der Waals surface area contributed by atoms with Gasteiger partial charge in [0, 0.05) is 0 Å². The average molecular weight is 260 g/mol. The summed E-state index contributed by atoms with van der Waals surface area (Å²) in [5.74, 6) is -0.519. The Morgan fingerprint density at radius 3 is 2.44 bits per heavy atom. The third-order valence-electron chi connectivity index (χ3n) is 2.16. The Morgan fingerprint density at radius 1 is 1.33 bits per heavy atom. The van der Waals surface area contributed by atoms with Crippen molar-refractivity contribution in [3.8, 4) is 5.75 Å². The average Bonchev–Trinajstić information content (AvgIpc) is 2.29. The molecule has 0 bridgehead atoms. The number of benzene rings is 1. The zero-order chi connectivity index (χ0) is 13.5. The van der Waals surface area contributed by atoms with Crippen LogP contribution in [0.1, 0.15) is 25.0 Å². The van der Waals surface area contributed by atoms with E-state index in [-0.39, 0.29) is 18.8 Å². The van der Waals surface area contributed by atoms with Crippen molar-refractivity contribution < 1.29 is 28.2 Å². The van der Waals surface area contributed by atoms with Gasteiger partial charge >= 0.3 is 12.6 Å². The molecule has 0 aliphatic carbocycles. The van der Waals surface area contributed by atoms with E-state index in [0.29, 0.717) is 5.56 Å². The molecule has 0 spiro atoms. The first kappa shape index (κ1) is 14.4. The monoisotopic (exact) mass is 260 g/mol.